The zero-order valence-electron chi connectivity index (χ0n) is 12.5. The van der Waals surface area contributed by atoms with E-state index in [1.165, 1.54) is 5.56 Å². The van der Waals surface area contributed by atoms with E-state index in [-0.39, 0.29) is 11.2 Å². The summed E-state index contributed by atoms with van der Waals surface area (Å²) in [4.78, 5) is 2.33. The minimum Gasteiger partial charge on any atom is -0.370 e. The number of hydrogen-bond acceptors (Lipinski definition) is 2. The first-order chi connectivity index (χ1) is 8.94. The van der Waals surface area contributed by atoms with E-state index in [1.54, 1.807) is 12.1 Å². The molecule has 1 aliphatic heterocycles. The van der Waals surface area contributed by atoms with Crippen LogP contribution in [0.2, 0.25) is 0 Å². The Bertz CT molecular complexity index is 442. The third-order valence-electron chi connectivity index (χ3n) is 4.32. The molecule has 2 nitrogen and oxygen atoms in total. The quantitative estimate of drug-likeness (QED) is 0.878. The molecular weight excluding hydrogens is 239 g/mol. The number of rotatable bonds is 5. The molecular formula is C16H25FN2. The van der Waals surface area contributed by atoms with Gasteiger partial charge < -0.3 is 10.2 Å². The molecule has 3 heteroatoms. The van der Waals surface area contributed by atoms with Crippen molar-refractivity contribution in [3.63, 3.8) is 0 Å². The standard InChI is InChI=1S/C16H25FN2/c1-5-18-12(2)16(3,4)11-19-9-8-13-6-7-14(17)10-15(13)19/h6-7,10,12,18H,5,8-9,11H2,1-4H3. The molecule has 1 atom stereocenters. The molecule has 1 heterocycles. The molecule has 0 saturated carbocycles. The lowest BCUT2D eigenvalue weighted by atomic mass is 9.84. The number of nitrogens with zero attached hydrogens (tertiary/aromatic N) is 1. The highest BCUT2D eigenvalue weighted by molar-refractivity contribution is 5.58. The summed E-state index contributed by atoms with van der Waals surface area (Å²) in [7, 11) is 0. The van der Waals surface area contributed by atoms with Crippen molar-refractivity contribution in [2.45, 2.75) is 40.2 Å². The molecule has 1 N–H and O–H groups in total. The van der Waals surface area contributed by atoms with Gasteiger partial charge in [0.25, 0.3) is 0 Å². The van der Waals surface area contributed by atoms with Crippen LogP contribution in [0.1, 0.15) is 33.3 Å². The monoisotopic (exact) mass is 264 g/mol. The van der Waals surface area contributed by atoms with Crippen molar-refractivity contribution in [2.75, 3.05) is 24.5 Å². The number of anilines is 1. The first-order valence-electron chi connectivity index (χ1n) is 7.21. The lowest BCUT2D eigenvalue weighted by Crippen LogP contribution is -2.46. The minimum atomic E-state index is -0.136. The van der Waals surface area contributed by atoms with Crippen LogP contribution in [0.15, 0.2) is 18.2 Å². The molecule has 106 valence electrons. The van der Waals surface area contributed by atoms with Crippen LogP contribution in [0.4, 0.5) is 10.1 Å². The Morgan fingerprint density at radius 2 is 2.16 bits per heavy atom. The van der Waals surface area contributed by atoms with E-state index in [2.05, 4.69) is 37.9 Å². The van der Waals surface area contributed by atoms with Crippen molar-refractivity contribution in [1.29, 1.82) is 0 Å². The lowest BCUT2D eigenvalue weighted by molar-refractivity contribution is 0.264. The molecule has 1 unspecified atom stereocenters. The molecule has 2 rings (SSSR count). The van der Waals surface area contributed by atoms with E-state index in [0.29, 0.717) is 6.04 Å². The average Bonchev–Trinajstić information content (AvgIpc) is 2.72. The van der Waals surface area contributed by atoms with Gasteiger partial charge in [-0.2, -0.15) is 0 Å². The highest BCUT2D eigenvalue weighted by Gasteiger charge is 2.30. The minimum absolute atomic E-state index is 0.136. The SMILES string of the molecule is CCNC(C)C(C)(C)CN1CCc2ccc(F)cc21. The summed E-state index contributed by atoms with van der Waals surface area (Å²) in [5.74, 6) is -0.136. The van der Waals surface area contributed by atoms with Crippen molar-refractivity contribution < 1.29 is 4.39 Å². The first kappa shape index (κ1) is 14.3. The number of nitrogens with one attached hydrogen (secondary N) is 1. The Labute approximate surface area is 116 Å². The van der Waals surface area contributed by atoms with Crippen LogP contribution in [0, 0.1) is 11.2 Å². The molecule has 1 aromatic carbocycles. The van der Waals surface area contributed by atoms with E-state index in [1.807, 2.05) is 6.07 Å². The van der Waals surface area contributed by atoms with Crippen molar-refractivity contribution in [3.05, 3.63) is 29.6 Å². The zero-order valence-corrected chi connectivity index (χ0v) is 12.5. The van der Waals surface area contributed by atoms with E-state index >= 15 is 0 Å². The topological polar surface area (TPSA) is 15.3 Å². The van der Waals surface area contributed by atoms with Crippen molar-refractivity contribution in [2.24, 2.45) is 5.41 Å². The predicted octanol–water partition coefficient (Wildman–Crippen LogP) is 3.21. The fourth-order valence-electron chi connectivity index (χ4n) is 2.79. The summed E-state index contributed by atoms with van der Waals surface area (Å²) in [6, 6.07) is 5.60. The molecule has 0 amide bonds. The number of hydrogen-bond donors (Lipinski definition) is 1. The van der Waals surface area contributed by atoms with Crippen molar-refractivity contribution >= 4 is 5.69 Å². The molecule has 19 heavy (non-hydrogen) atoms. The van der Waals surface area contributed by atoms with Gasteiger partial charge in [0.15, 0.2) is 0 Å². The Morgan fingerprint density at radius 1 is 1.42 bits per heavy atom. The molecule has 0 spiro atoms. The molecule has 0 aliphatic carbocycles. The lowest BCUT2D eigenvalue weighted by Gasteiger charge is -2.37. The highest BCUT2D eigenvalue weighted by atomic mass is 19.1. The van der Waals surface area contributed by atoms with Gasteiger partial charge in [-0.05, 0) is 43.0 Å². The van der Waals surface area contributed by atoms with Gasteiger partial charge in [-0.3, -0.25) is 0 Å². The molecule has 0 radical (unpaired) electrons. The number of benzene rings is 1. The molecule has 0 aromatic heterocycles. The van der Waals surface area contributed by atoms with Crippen molar-refractivity contribution in [1.82, 2.24) is 5.32 Å². The molecule has 1 aliphatic rings. The fourth-order valence-corrected chi connectivity index (χ4v) is 2.79. The largest absolute Gasteiger partial charge is 0.370 e. The van der Waals surface area contributed by atoms with E-state index < -0.39 is 0 Å². The summed E-state index contributed by atoms with van der Waals surface area (Å²) in [6.07, 6.45) is 1.03. The van der Waals surface area contributed by atoms with Gasteiger partial charge in [-0.1, -0.05) is 26.8 Å². The van der Waals surface area contributed by atoms with Crippen LogP contribution >= 0.6 is 0 Å². The maximum atomic E-state index is 13.4. The van der Waals surface area contributed by atoms with E-state index in [4.69, 9.17) is 0 Å². The second-order valence-electron chi connectivity index (χ2n) is 6.21. The zero-order chi connectivity index (χ0) is 14.0. The highest BCUT2D eigenvalue weighted by Crippen LogP contribution is 2.32. The summed E-state index contributed by atoms with van der Waals surface area (Å²) < 4.78 is 13.4. The fraction of sp³-hybridized carbons (Fsp3) is 0.625. The summed E-state index contributed by atoms with van der Waals surface area (Å²) >= 11 is 0. The normalized spacial score (nSPS) is 16.6. The van der Waals surface area contributed by atoms with Gasteiger partial charge in [0.1, 0.15) is 5.82 Å². The smallest absolute Gasteiger partial charge is 0.125 e. The average molecular weight is 264 g/mol. The summed E-state index contributed by atoms with van der Waals surface area (Å²) in [6.45, 7) is 11.9. The molecule has 0 bridgehead atoms. The van der Waals surface area contributed by atoms with Gasteiger partial charge >= 0.3 is 0 Å². The Morgan fingerprint density at radius 3 is 2.84 bits per heavy atom. The maximum absolute atomic E-state index is 13.4. The van der Waals surface area contributed by atoms with Gasteiger partial charge in [-0.15, -0.1) is 0 Å². The maximum Gasteiger partial charge on any atom is 0.125 e. The Kier molecular flexibility index (Phi) is 4.14. The van der Waals surface area contributed by atoms with Crippen LogP contribution in [0.3, 0.4) is 0 Å². The third kappa shape index (κ3) is 3.08. The van der Waals surface area contributed by atoms with Crippen LogP contribution in [0.25, 0.3) is 0 Å². The molecule has 0 fully saturated rings. The van der Waals surface area contributed by atoms with Crippen LogP contribution in [0.5, 0.6) is 0 Å². The molecule has 0 saturated heterocycles. The Hall–Kier alpha value is -1.09. The summed E-state index contributed by atoms with van der Waals surface area (Å²) in [5, 5.41) is 3.49. The van der Waals surface area contributed by atoms with E-state index in [0.717, 1.165) is 31.7 Å². The van der Waals surface area contributed by atoms with E-state index in [9.17, 15) is 4.39 Å². The number of halogens is 1. The van der Waals surface area contributed by atoms with Crippen LogP contribution in [-0.2, 0) is 6.42 Å². The second-order valence-corrected chi connectivity index (χ2v) is 6.21. The van der Waals surface area contributed by atoms with Crippen molar-refractivity contribution in [3.8, 4) is 0 Å². The molecule has 1 aromatic rings. The predicted molar refractivity (Wildman–Crippen MR) is 79.2 cm³/mol. The van der Waals surface area contributed by atoms with Gasteiger partial charge in [0, 0.05) is 24.8 Å². The number of fused-ring (bicyclic) bond motifs is 1. The van der Waals surface area contributed by atoms with Gasteiger partial charge in [-0.25, -0.2) is 4.39 Å². The summed E-state index contributed by atoms with van der Waals surface area (Å²) in [5.41, 5.74) is 2.51. The van der Waals surface area contributed by atoms with Crippen LogP contribution in [-0.4, -0.2) is 25.7 Å². The second kappa shape index (κ2) is 5.49. The third-order valence-corrected chi connectivity index (χ3v) is 4.32. The van der Waals surface area contributed by atoms with Gasteiger partial charge in [0.2, 0.25) is 0 Å². The van der Waals surface area contributed by atoms with Gasteiger partial charge in [0.05, 0.1) is 0 Å². The first-order valence-corrected chi connectivity index (χ1v) is 7.21. The van der Waals surface area contributed by atoms with Crippen LogP contribution < -0.4 is 10.2 Å². The Balaban J connectivity index is 2.12.